The van der Waals surface area contributed by atoms with E-state index in [0.717, 1.165) is 0 Å². The summed E-state index contributed by atoms with van der Waals surface area (Å²) in [5.74, 6) is 0.308. The average Bonchev–Trinajstić information content (AvgIpc) is 3.28. The predicted octanol–water partition coefficient (Wildman–Crippen LogP) is 2.06. The molecule has 1 aromatic carbocycles. The van der Waals surface area contributed by atoms with Crippen LogP contribution in [0, 0.1) is 0 Å². The van der Waals surface area contributed by atoms with Crippen molar-refractivity contribution in [1.82, 2.24) is 29.4 Å². The van der Waals surface area contributed by atoms with Gasteiger partial charge in [0, 0.05) is 46.4 Å². The second-order valence-corrected chi connectivity index (χ2v) is 9.66. The zero-order chi connectivity index (χ0) is 26.2. The third-order valence-corrected chi connectivity index (χ3v) is 6.47. The summed E-state index contributed by atoms with van der Waals surface area (Å²) in [7, 11) is 1.49. The minimum atomic E-state index is -2.83. The fourth-order valence-electron chi connectivity index (χ4n) is 4.69. The van der Waals surface area contributed by atoms with Gasteiger partial charge >= 0.3 is 0 Å². The molecule has 0 spiro atoms. The van der Waals surface area contributed by atoms with Gasteiger partial charge in [-0.1, -0.05) is 12.1 Å². The normalized spacial score (nSPS) is 18.2. The number of piperazine rings is 1. The highest BCUT2D eigenvalue weighted by molar-refractivity contribution is 5.78. The SMILES string of the molecule is COCC(=O)N1CCN(c2nc(N3CCOC(C)(C)C3)nc(-n3c(C(F)F)nc4ccccc43)n2)CC1. The number of amides is 1. The molecule has 2 aliphatic rings. The lowest BCUT2D eigenvalue weighted by Crippen LogP contribution is -2.51. The number of halogens is 2. The van der Waals surface area contributed by atoms with E-state index in [1.54, 1.807) is 29.2 Å². The Morgan fingerprint density at radius 3 is 2.35 bits per heavy atom. The van der Waals surface area contributed by atoms with E-state index in [4.69, 9.17) is 14.5 Å². The highest BCUT2D eigenvalue weighted by Gasteiger charge is 2.31. The summed E-state index contributed by atoms with van der Waals surface area (Å²) in [5, 5.41) is 0. The highest BCUT2D eigenvalue weighted by atomic mass is 19.3. The summed E-state index contributed by atoms with van der Waals surface area (Å²) < 4.78 is 40.3. The first-order chi connectivity index (χ1) is 17.8. The fourth-order valence-corrected chi connectivity index (χ4v) is 4.69. The maximum absolute atomic E-state index is 14.1. The molecule has 13 heteroatoms. The van der Waals surface area contributed by atoms with Crippen LogP contribution in [0.5, 0.6) is 0 Å². The van der Waals surface area contributed by atoms with Gasteiger partial charge in [-0.25, -0.2) is 13.8 Å². The minimum Gasteiger partial charge on any atom is -0.375 e. The molecule has 2 fully saturated rings. The van der Waals surface area contributed by atoms with Gasteiger partial charge < -0.3 is 24.2 Å². The van der Waals surface area contributed by atoms with E-state index in [-0.39, 0.29) is 18.5 Å². The van der Waals surface area contributed by atoms with Gasteiger partial charge in [0.1, 0.15) is 6.61 Å². The lowest BCUT2D eigenvalue weighted by molar-refractivity contribution is -0.135. The third-order valence-electron chi connectivity index (χ3n) is 6.47. The largest absolute Gasteiger partial charge is 0.375 e. The van der Waals surface area contributed by atoms with Gasteiger partial charge in [0.25, 0.3) is 6.43 Å². The number of carbonyl (C=O) groups excluding carboxylic acids is 1. The molecular weight excluding hydrogens is 486 g/mol. The predicted molar refractivity (Wildman–Crippen MR) is 132 cm³/mol. The second-order valence-electron chi connectivity index (χ2n) is 9.66. The zero-order valence-electron chi connectivity index (χ0n) is 21.1. The zero-order valence-corrected chi connectivity index (χ0v) is 21.1. The number of nitrogens with zero attached hydrogens (tertiary/aromatic N) is 8. The molecule has 5 rings (SSSR count). The number of alkyl halides is 2. The quantitative estimate of drug-likeness (QED) is 0.487. The molecule has 4 heterocycles. The molecule has 2 aliphatic heterocycles. The molecule has 0 bridgehead atoms. The van der Waals surface area contributed by atoms with Crippen molar-refractivity contribution in [2.75, 3.05) is 69.4 Å². The summed E-state index contributed by atoms with van der Waals surface area (Å²) in [6.45, 7) is 7.47. The Bertz CT molecular complexity index is 1280. The molecular formula is C24H30F2N8O3. The van der Waals surface area contributed by atoms with Crippen molar-refractivity contribution in [3.05, 3.63) is 30.1 Å². The number of benzene rings is 1. The lowest BCUT2D eigenvalue weighted by Gasteiger charge is -2.39. The Hall–Kier alpha value is -3.45. The summed E-state index contributed by atoms with van der Waals surface area (Å²) >= 11 is 0. The molecule has 2 saturated heterocycles. The molecule has 0 saturated carbocycles. The molecule has 2 aromatic heterocycles. The van der Waals surface area contributed by atoms with E-state index in [1.165, 1.54) is 11.7 Å². The second kappa shape index (κ2) is 10.1. The van der Waals surface area contributed by atoms with Gasteiger partial charge in [-0.3, -0.25) is 9.36 Å². The molecule has 1 amide bonds. The molecule has 37 heavy (non-hydrogen) atoms. The number of para-hydroxylation sites is 2. The Balaban J connectivity index is 1.56. The Morgan fingerprint density at radius 2 is 1.68 bits per heavy atom. The number of ether oxygens (including phenoxy) is 2. The van der Waals surface area contributed by atoms with Gasteiger partial charge in [-0.2, -0.15) is 15.0 Å². The van der Waals surface area contributed by atoms with E-state index < -0.39 is 17.9 Å². The number of imidazole rings is 1. The molecule has 0 atom stereocenters. The Kier molecular flexibility index (Phi) is 6.90. The van der Waals surface area contributed by atoms with Gasteiger partial charge in [-0.05, 0) is 26.0 Å². The van der Waals surface area contributed by atoms with Crippen molar-refractivity contribution in [3.8, 4) is 5.95 Å². The van der Waals surface area contributed by atoms with E-state index >= 15 is 0 Å². The first kappa shape index (κ1) is 25.2. The number of fused-ring (bicyclic) bond motifs is 1. The summed E-state index contributed by atoms with van der Waals surface area (Å²) in [6, 6.07) is 6.91. The van der Waals surface area contributed by atoms with Crippen LogP contribution in [0.25, 0.3) is 17.0 Å². The third kappa shape index (κ3) is 5.18. The van der Waals surface area contributed by atoms with Gasteiger partial charge in [-0.15, -0.1) is 0 Å². The van der Waals surface area contributed by atoms with Crippen molar-refractivity contribution in [2.45, 2.75) is 25.9 Å². The van der Waals surface area contributed by atoms with Crippen LogP contribution < -0.4 is 9.80 Å². The van der Waals surface area contributed by atoms with Gasteiger partial charge in [0.15, 0.2) is 5.82 Å². The summed E-state index contributed by atoms with van der Waals surface area (Å²) in [4.78, 5) is 36.1. The van der Waals surface area contributed by atoms with E-state index in [0.29, 0.717) is 68.8 Å². The van der Waals surface area contributed by atoms with E-state index in [2.05, 4.69) is 15.0 Å². The Morgan fingerprint density at radius 1 is 1.00 bits per heavy atom. The van der Waals surface area contributed by atoms with Crippen LogP contribution in [0.1, 0.15) is 26.1 Å². The first-order valence-corrected chi connectivity index (χ1v) is 12.2. The topological polar surface area (TPSA) is 102 Å². The molecule has 0 N–H and O–H groups in total. The van der Waals surface area contributed by atoms with Gasteiger partial charge in [0.2, 0.25) is 23.8 Å². The minimum absolute atomic E-state index is 0.0248. The van der Waals surface area contributed by atoms with Crippen LogP contribution in [0.4, 0.5) is 20.7 Å². The highest BCUT2D eigenvalue weighted by Crippen LogP contribution is 2.29. The van der Waals surface area contributed by atoms with Crippen molar-refractivity contribution in [3.63, 3.8) is 0 Å². The molecule has 11 nitrogen and oxygen atoms in total. The van der Waals surface area contributed by atoms with Crippen LogP contribution in [-0.4, -0.2) is 101 Å². The fraction of sp³-hybridized carbons (Fsp3) is 0.542. The standard InChI is InChI=1S/C24H30F2N8O3/c1-24(2)15-33(12-13-37-24)22-28-21(32-10-8-31(9-11-32)18(35)14-36-3)29-23(30-22)34-17-7-5-4-6-16(17)27-20(34)19(25)26/h4-7,19H,8-15H2,1-3H3. The van der Waals surface area contributed by atoms with Crippen molar-refractivity contribution in [2.24, 2.45) is 0 Å². The molecule has 0 radical (unpaired) electrons. The number of methoxy groups -OCH3 is 1. The van der Waals surface area contributed by atoms with Crippen LogP contribution in [-0.2, 0) is 14.3 Å². The van der Waals surface area contributed by atoms with Crippen molar-refractivity contribution in [1.29, 1.82) is 0 Å². The Labute approximate surface area is 213 Å². The van der Waals surface area contributed by atoms with Crippen molar-refractivity contribution >= 4 is 28.8 Å². The number of anilines is 2. The smallest absolute Gasteiger partial charge is 0.296 e. The molecule has 0 aliphatic carbocycles. The van der Waals surface area contributed by atoms with Crippen LogP contribution >= 0.6 is 0 Å². The number of aromatic nitrogens is 5. The van der Waals surface area contributed by atoms with Gasteiger partial charge in [0.05, 0.1) is 23.2 Å². The number of hydrogen-bond donors (Lipinski definition) is 0. The van der Waals surface area contributed by atoms with Crippen LogP contribution in [0.3, 0.4) is 0 Å². The molecule has 198 valence electrons. The summed E-state index contributed by atoms with van der Waals surface area (Å²) in [5.41, 5.74) is 0.492. The first-order valence-electron chi connectivity index (χ1n) is 12.2. The van der Waals surface area contributed by atoms with Crippen molar-refractivity contribution < 1.29 is 23.0 Å². The van der Waals surface area contributed by atoms with E-state index in [9.17, 15) is 13.6 Å². The van der Waals surface area contributed by atoms with Crippen LogP contribution in [0.2, 0.25) is 0 Å². The van der Waals surface area contributed by atoms with Crippen LogP contribution in [0.15, 0.2) is 24.3 Å². The average molecular weight is 517 g/mol. The monoisotopic (exact) mass is 516 g/mol. The lowest BCUT2D eigenvalue weighted by atomic mass is 10.1. The number of hydrogen-bond acceptors (Lipinski definition) is 9. The maximum Gasteiger partial charge on any atom is 0.296 e. The summed E-state index contributed by atoms with van der Waals surface area (Å²) in [6.07, 6.45) is -2.83. The number of carbonyl (C=O) groups is 1. The van der Waals surface area contributed by atoms with E-state index in [1.807, 2.05) is 23.6 Å². The maximum atomic E-state index is 14.1. The number of morpholine rings is 1. The molecule has 0 unspecified atom stereocenters. The molecule has 3 aromatic rings. The number of rotatable bonds is 6.